The van der Waals surface area contributed by atoms with Gasteiger partial charge in [0.05, 0.1) is 12.6 Å². The lowest BCUT2D eigenvalue weighted by molar-refractivity contribution is -0.122. The number of amides is 1. The van der Waals surface area contributed by atoms with Crippen LogP contribution in [0, 0.1) is 0 Å². The first kappa shape index (κ1) is 15.2. The second kappa shape index (κ2) is 8.19. The Hall–Kier alpha value is -1.17. The number of thiophene rings is 1. The van der Waals surface area contributed by atoms with Gasteiger partial charge in [-0.25, -0.2) is 0 Å². The first-order valence-corrected chi connectivity index (χ1v) is 7.90. The molecule has 1 aromatic rings. The monoisotopic (exact) mass is 294 g/mol. The van der Waals surface area contributed by atoms with Gasteiger partial charge < -0.3 is 10.1 Å². The van der Waals surface area contributed by atoms with Crippen molar-refractivity contribution in [2.45, 2.75) is 25.5 Å². The van der Waals surface area contributed by atoms with Gasteiger partial charge in [0.2, 0.25) is 5.91 Å². The van der Waals surface area contributed by atoms with Crippen LogP contribution in [0.1, 0.15) is 17.7 Å². The van der Waals surface area contributed by atoms with Gasteiger partial charge in [0.15, 0.2) is 0 Å². The van der Waals surface area contributed by atoms with Gasteiger partial charge in [-0.2, -0.15) is 0 Å². The number of hydrogen-bond donors (Lipinski definition) is 1. The van der Waals surface area contributed by atoms with E-state index < -0.39 is 0 Å². The number of ether oxygens (including phenoxy) is 1. The van der Waals surface area contributed by atoms with Crippen molar-refractivity contribution in [2.75, 3.05) is 26.2 Å². The van der Waals surface area contributed by atoms with Crippen LogP contribution in [0.2, 0.25) is 0 Å². The molecule has 1 N–H and O–H groups in total. The molecule has 5 heteroatoms. The Morgan fingerprint density at radius 1 is 1.65 bits per heavy atom. The molecule has 1 saturated heterocycles. The fourth-order valence-electron chi connectivity index (χ4n) is 2.28. The van der Waals surface area contributed by atoms with Crippen molar-refractivity contribution in [3.63, 3.8) is 0 Å². The minimum Gasteiger partial charge on any atom is -0.376 e. The number of carbonyl (C=O) groups excluding carboxylic acids is 1. The maximum Gasteiger partial charge on any atom is 0.234 e. The van der Waals surface area contributed by atoms with Crippen LogP contribution >= 0.6 is 11.3 Å². The van der Waals surface area contributed by atoms with Gasteiger partial charge in [-0.05, 0) is 24.3 Å². The van der Waals surface area contributed by atoms with Gasteiger partial charge >= 0.3 is 0 Å². The van der Waals surface area contributed by atoms with E-state index in [1.54, 1.807) is 11.3 Å². The highest BCUT2D eigenvalue weighted by Gasteiger charge is 2.17. The Kier molecular flexibility index (Phi) is 6.24. The van der Waals surface area contributed by atoms with Gasteiger partial charge in [-0.3, -0.25) is 9.69 Å². The third-order valence-corrected chi connectivity index (χ3v) is 4.13. The molecule has 1 atom stereocenters. The van der Waals surface area contributed by atoms with Crippen LogP contribution in [0.3, 0.4) is 0 Å². The highest BCUT2D eigenvalue weighted by Crippen LogP contribution is 2.12. The molecule has 0 aromatic carbocycles. The van der Waals surface area contributed by atoms with Gasteiger partial charge in [-0.1, -0.05) is 12.1 Å². The molecule has 0 aliphatic carbocycles. The van der Waals surface area contributed by atoms with Crippen LogP contribution in [-0.2, 0) is 16.1 Å². The highest BCUT2D eigenvalue weighted by molar-refractivity contribution is 7.09. The average Bonchev–Trinajstić information content (AvgIpc) is 3.09. The molecule has 0 radical (unpaired) electrons. The SMILES string of the molecule is C=CCN(CC(=O)NCC1CCCO1)Cc1cccs1. The molecule has 20 heavy (non-hydrogen) atoms. The maximum atomic E-state index is 12.0. The summed E-state index contributed by atoms with van der Waals surface area (Å²) in [5.74, 6) is 0.0545. The minimum atomic E-state index is 0.0545. The smallest absolute Gasteiger partial charge is 0.234 e. The Morgan fingerprint density at radius 3 is 3.20 bits per heavy atom. The molecule has 4 nitrogen and oxygen atoms in total. The molecule has 1 amide bonds. The molecular formula is C15H22N2O2S. The maximum absolute atomic E-state index is 12.0. The second-order valence-corrected chi connectivity index (χ2v) is 6.01. The predicted octanol–water partition coefficient (Wildman–Crippen LogP) is 2.03. The summed E-state index contributed by atoms with van der Waals surface area (Å²) in [5.41, 5.74) is 0. The molecule has 1 fully saturated rings. The molecule has 2 heterocycles. The van der Waals surface area contributed by atoms with E-state index in [9.17, 15) is 4.79 Å². The summed E-state index contributed by atoms with van der Waals surface area (Å²) in [6.45, 7) is 7.10. The van der Waals surface area contributed by atoms with E-state index in [1.165, 1.54) is 4.88 Å². The molecule has 0 spiro atoms. The third-order valence-electron chi connectivity index (χ3n) is 3.26. The summed E-state index contributed by atoms with van der Waals surface area (Å²) in [7, 11) is 0. The van der Waals surface area contributed by atoms with Crippen LogP contribution in [0.5, 0.6) is 0 Å². The third kappa shape index (κ3) is 5.07. The predicted molar refractivity (Wildman–Crippen MR) is 81.8 cm³/mol. The van der Waals surface area contributed by atoms with Crippen molar-refractivity contribution in [3.8, 4) is 0 Å². The van der Waals surface area contributed by atoms with Crippen molar-refractivity contribution in [1.82, 2.24) is 10.2 Å². The summed E-state index contributed by atoms with van der Waals surface area (Å²) in [6.07, 6.45) is 4.18. The first-order valence-electron chi connectivity index (χ1n) is 7.02. The van der Waals surface area contributed by atoms with E-state index in [-0.39, 0.29) is 12.0 Å². The van der Waals surface area contributed by atoms with Crippen LogP contribution in [0.4, 0.5) is 0 Å². The van der Waals surface area contributed by atoms with E-state index in [1.807, 2.05) is 12.1 Å². The number of hydrogen-bond acceptors (Lipinski definition) is 4. The van der Waals surface area contributed by atoms with Crippen LogP contribution in [0.25, 0.3) is 0 Å². The fraction of sp³-hybridized carbons (Fsp3) is 0.533. The molecule has 1 aliphatic heterocycles. The number of nitrogens with zero attached hydrogens (tertiary/aromatic N) is 1. The Labute approximate surface area is 124 Å². The van der Waals surface area contributed by atoms with Crippen molar-refractivity contribution < 1.29 is 9.53 Å². The van der Waals surface area contributed by atoms with Gasteiger partial charge in [0.25, 0.3) is 0 Å². The van der Waals surface area contributed by atoms with Crippen LogP contribution < -0.4 is 5.32 Å². The quantitative estimate of drug-likeness (QED) is 0.746. The standard InChI is InChI=1S/C15H22N2O2S/c1-2-7-17(11-14-6-4-9-20-14)12-15(18)16-10-13-5-3-8-19-13/h2,4,6,9,13H,1,3,5,7-8,10-12H2,(H,16,18). The Morgan fingerprint density at radius 2 is 2.55 bits per heavy atom. The van der Waals surface area contributed by atoms with Crippen molar-refractivity contribution >= 4 is 17.2 Å². The topological polar surface area (TPSA) is 41.6 Å². The lowest BCUT2D eigenvalue weighted by Gasteiger charge is -2.20. The zero-order valence-electron chi connectivity index (χ0n) is 11.7. The van der Waals surface area contributed by atoms with Crippen molar-refractivity contribution in [2.24, 2.45) is 0 Å². The molecule has 0 bridgehead atoms. The van der Waals surface area contributed by atoms with E-state index in [0.29, 0.717) is 19.6 Å². The van der Waals surface area contributed by atoms with Crippen molar-refractivity contribution in [1.29, 1.82) is 0 Å². The molecule has 2 rings (SSSR count). The molecule has 1 aliphatic rings. The number of nitrogens with one attached hydrogen (secondary N) is 1. The average molecular weight is 294 g/mol. The summed E-state index contributed by atoms with van der Waals surface area (Å²) < 4.78 is 5.50. The summed E-state index contributed by atoms with van der Waals surface area (Å²) in [6, 6.07) is 4.12. The number of carbonyl (C=O) groups is 1. The largest absolute Gasteiger partial charge is 0.376 e. The lowest BCUT2D eigenvalue weighted by atomic mass is 10.2. The molecular weight excluding hydrogens is 272 g/mol. The summed E-state index contributed by atoms with van der Waals surface area (Å²) in [4.78, 5) is 15.3. The van der Waals surface area contributed by atoms with Crippen LogP contribution in [-0.4, -0.2) is 43.2 Å². The summed E-state index contributed by atoms with van der Waals surface area (Å²) >= 11 is 1.71. The van der Waals surface area contributed by atoms with Crippen molar-refractivity contribution in [3.05, 3.63) is 35.0 Å². The molecule has 1 unspecified atom stereocenters. The normalized spacial score (nSPS) is 18.4. The first-order chi connectivity index (χ1) is 9.78. The van der Waals surface area contributed by atoms with Gasteiger partial charge in [0, 0.05) is 31.1 Å². The van der Waals surface area contributed by atoms with E-state index in [0.717, 1.165) is 26.0 Å². The lowest BCUT2D eigenvalue weighted by Crippen LogP contribution is -2.39. The molecule has 0 saturated carbocycles. The summed E-state index contributed by atoms with van der Waals surface area (Å²) in [5, 5.41) is 5.01. The van der Waals surface area contributed by atoms with E-state index in [4.69, 9.17) is 4.74 Å². The van der Waals surface area contributed by atoms with Gasteiger partial charge in [-0.15, -0.1) is 17.9 Å². The Balaban J connectivity index is 1.74. The second-order valence-electron chi connectivity index (χ2n) is 4.98. The number of rotatable bonds is 8. The molecule has 110 valence electrons. The van der Waals surface area contributed by atoms with E-state index in [2.05, 4.69) is 28.2 Å². The van der Waals surface area contributed by atoms with Crippen LogP contribution in [0.15, 0.2) is 30.2 Å². The zero-order chi connectivity index (χ0) is 14.2. The van der Waals surface area contributed by atoms with E-state index >= 15 is 0 Å². The minimum absolute atomic E-state index is 0.0545. The zero-order valence-corrected chi connectivity index (χ0v) is 12.5. The fourth-order valence-corrected chi connectivity index (χ4v) is 3.03. The highest BCUT2D eigenvalue weighted by atomic mass is 32.1. The Bertz CT molecular complexity index is 414. The van der Waals surface area contributed by atoms with Gasteiger partial charge in [0.1, 0.15) is 0 Å². The molecule has 1 aromatic heterocycles.